The van der Waals surface area contributed by atoms with Crippen molar-refractivity contribution in [3.8, 4) is 0 Å². The van der Waals surface area contributed by atoms with Crippen LogP contribution in [0.2, 0.25) is 0 Å². The molecule has 1 saturated heterocycles. The van der Waals surface area contributed by atoms with Crippen LogP contribution < -0.4 is 11.1 Å². The lowest BCUT2D eigenvalue weighted by Gasteiger charge is -2.51. The van der Waals surface area contributed by atoms with Gasteiger partial charge >= 0.3 is 12.0 Å². The Hall–Kier alpha value is -0.890. The van der Waals surface area contributed by atoms with Crippen molar-refractivity contribution in [1.29, 1.82) is 0 Å². The zero-order chi connectivity index (χ0) is 17.3. The summed E-state index contributed by atoms with van der Waals surface area (Å²) in [6, 6.07) is -0.938. The highest BCUT2D eigenvalue weighted by atomic mass is 32.2. The number of hydrogen-bond donors (Lipinski definition) is 2. The molecule has 2 saturated carbocycles. The molecule has 3 aliphatic rings. The molecule has 3 fully saturated rings. The predicted octanol–water partition coefficient (Wildman–Crippen LogP) is 2.12. The summed E-state index contributed by atoms with van der Waals surface area (Å²) in [5, 5.41) is 1.95. The van der Waals surface area contributed by atoms with Gasteiger partial charge in [0.2, 0.25) is 0 Å². The molecule has 3 N–H and O–H groups in total. The molecule has 0 radical (unpaired) electrons. The number of urea groups is 1. The van der Waals surface area contributed by atoms with Crippen molar-refractivity contribution < 1.29 is 19.1 Å². The largest absolute Gasteiger partial charge is 0.452 e. The van der Waals surface area contributed by atoms with Crippen molar-refractivity contribution in [2.24, 2.45) is 23.5 Å². The van der Waals surface area contributed by atoms with Crippen LogP contribution in [0.3, 0.4) is 0 Å². The summed E-state index contributed by atoms with van der Waals surface area (Å²) in [4.78, 5) is 34.9. The molecule has 0 aromatic heterocycles. The van der Waals surface area contributed by atoms with Crippen LogP contribution in [0.5, 0.6) is 0 Å². The van der Waals surface area contributed by atoms with Crippen LogP contribution >= 0.6 is 23.5 Å². The van der Waals surface area contributed by atoms with E-state index in [1.807, 2.05) is 5.32 Å². The highest BCUT2D eigenvalue weighted by Crippen LogP contribution is 2.64. The Morgan fingerprint density at radius 1 is 1.17 bits per heavy atom. The highest BCUT2D eigenvalue weighted by molar-refractivity contribution is 8.21. The Kier molecular flexibility index (Phi) is 5.34. The second kappa shape index (κ2) is 7.15. The van der Waals surface area contributed by atoms with Gasteiger partial charge in [-0.1, -0.05) is 6.42 Å². The molecular weight excluding hydrogens is 348 g/mol. The number of hydrogen-bond acceptors (Lipinski definition) is 6. The monoisotopic (exact) mass is 372 g/mol. The number of nitrogens with one attached hydrogen (secondary N) is 1. The summed E-state index contributed by atoms with van der Waals surface area (Å²) in [5.74, 6) is 2.38. The first-order valence-electron chi connectivity index (χ1n) is 8.51. The Labute approximate surface area is 150 Å². The van der Waals surface area contributed by atoms with Gasteiger partial charge in [-0.2, -0.15) is 0 Å². The maximum absolute atomic E-state index is 12.5. The van der Waals surface area contributed by atoms with Crippen LogP contribution in [-0.2, 0) is 14.3 Å². The first-order chi connectivity index (χ1) is 11.4. The van der Waals surface area contributed by atoms with Crippen LogP contribution in [0, 0.1) is 17.8 Å². The van der Waals surface area contributed by atoms with Crippen LogP contribution in [0.25, 0.3) is 0 Å². The standard InChI is InChI=1S/C16H24N2O4S2/c1-9(13(19)18-15(17)21)22-14(20)10-7-11-3-2-4-12(8-10)16(11)23-5-6-24-16/h9-12H,2-8H2,1H3,(H3,17,18,19,21)/t9-,10?,11-,12+/m0/s1. The molecule has 0 aromatic rings. The fourth-order valence-electron chi connectivity index (χ4n) is 4.35. The lowest BCUT2D eigenvalue weighted by Crippen LogP contribution is -2.49. The Balaban J connectivity index is 1.61. The van der Waals surface area contributed by atoms with Gasteiger partial charge in [0.25, 0.3) is 5.91 Å². The van der Waals surface area contributed by atoms with Gasteiger partial charge in [0.15, 0.2) is 6.10 Å². The van der Waals surface area contributed by atoms with Crippen molar-refractivity contribution >= 4 is 41.4 Å². The van der Waals surface area contributed by atoms with Crippen LogP contribution in [-0.4, -0.2) is 39.6 Å². The zero-order valence-electron chi connectivity index (χ0n) is 13.8. The number of amides is 3. The van der Waals surface area contributed by atoms with E-state index in [0.717, 1.165) is 12.8 Å². The number of carbonyl (C=O) groups excluding carboxylic acids is 3. The zero-order valence-corrected chi connectivity index (χ0v) is 15.4. The molecular formula is C16H24N2O4S2. The van der Waals surface area contributed by atoms with E-state index >= 15 is 0 Å². The SMILES string of the molecule is C[C@H](OC(=O)C1C[C@H]2CCC[C@@H](C1)C21SCCS1)C(=O)NC(N)=O. The average molecular weight is 373 g/mol. The molecule has 2 bridgehead atoms. The summed E-state index contributed by atoms with van der Waals surface area (Å²) in [6.07, 6.45) is 4.29. The predicted molar refractivity (Wildman–Crippen MR) is 94.5 cm³/mol. The lowest BCUT2D eigenvalue weighted by molar-refractivity contribution is -0.161. The van der Waals surface area contributed by atoms with Gasteiger partial charge in [0.1, 0.15) is 0 Å². The Bertz CT molecular complexity index is 520. The molecule has 0 aromatic carbocycles. The smallest absolute Gasteiger partial charge is 0.318 e. The van der Waals surface area contributed by atoms with Crippen molar-refractivity contribution in [3.63, 3.8) is 0 Å². The first-order valence-corrected chi connectivity index (χ1v) is 10.5. The van der Waals surface area contributed by atoms with E-state index in [2.05, 4.69) is 23.5 Å². The van der Waals surface area contributed by atoms with Gasteiger partial charge in [-0.15, -0.1) is 23.5 Å². The number of esters is 1. The summed E-state index contributed by atoms with van der Waals surface area (Å²) in [5.41, 5.74) is 4.92. The van der Waals surface area contributed by atoms with Gasteiger partial charge in [-0.3, -0.25) is 14.9 Å². The third-order valence-electron chi connectivity index (χ3n) is 5.36. The molecule has 8 heteroatoms. The van der Waals surface area contributed by atoms with E-state index in [0.29, 0.717) is 15.9 Å². The number of ether oxygens (including phenoxy) is 1. The first kappa shape index (κ1) is 17.9. The molecule has 1 heterocycles. The number of thioether (sulfide) groups is 2. The van der Waals surface area contributed by atoms with E-state index in [1.54, 1.807) is 0 Å². The maximum atomic E-state index is 12.5. The number of imide groups is 1. The topological polar surface area (TPSA) is 98.5 Å². The molecule has 3 rings (SSSR count). The lowest BCUT2D eigenvalue weighted by atomic mass is 9.67. The fraction of sp³-hybridized carbons (Fsp3) is 0.812. The third kappa shape index (κ3) is 3.40. The van der Waals surface area contributed by atoms with Gasteiger partial charge in [-0.05, 0) is 44.4 Å². The molecule has 3 amide bonds. The van der Waals surface area contributed by atoms with Crippen molar-refractivity contribution in [2.45, 2.75) is 49.2 Å². The van der Waals surface area contributed by atoms with Gasteiger partial charge in [0.05, 0.1) is 10.00 Å². The number of carbonyl (C=O) groups is 3. The third-order valence-corrected chi connectivity index (χ3v) is 9.38. The second-order valence-electron chi connectivity index (χ2n) is 6.84. The molecule has 1 spiro atoms. The Morgan fingerprint density at radius 2 is 1.75 bits per heavy atom. The minimum absolute atomic E-state index is 0.142. The van der Waals surface area contributed by atoms with Crippen LogP contribution in [0.15, 0.2) is 0 Å². The van der Waals surface area contributed by atoms with E-state index in [-0.39, 0.29) is 11.9 Å². The molecule has 134 valence electrons. The minimum atomic E-state index is -1.00. The Morgan fingerprint density at radius 3 is 2.29 bits per heavy atom. The van der Waals surface area contributed by atoms with E-state index in [1.165, 1.54) is 37.7 Å². The van der Waals surface area contributed by atoms with Gasteiger partial charge < -0.3 is 10.5 Å². The number of primary amides is 1. The molecule has 4 atom stereocenters. The van der Waals surface area contributed by atoms with Gasteiger partial charge in [-0.25, -0.2) is 4.79 Å². The quantitative estimate of drug-likeness (QED) is 0.736. The summed E-state index contributed by atoms with van der Waals surface area (Å²) < 4.78 is 5.61. The average Bonchev–Trinajstić information content (AvgIpc) is 2.95. The van der Waals surface area contributed by atoms with Crippen LogP contribution in [0.1, 0.15) is 39.0 Å². The van der Waals surface area contributed by atoms with Crippen LogP contribution in [0.4, 0.5) is 4.79 Å². The molecule has 2 aliphatic carbocycles. The fourth-order valence-corrected chi connectivity index (χ4v) is 8.29. The van der Waals surface area contributed by atoms with E-state index in [9.17, 15) is 14.4 Å². The van der Waals surface area contributed by atoms with Gasteiger partial charge in [0, 0.05) is 11.5 Å². The van der Waals surface area contributed by atoms with E-state index < -0.39 is 18.0 Å². The molecule has 1 aliphatic heterocycles. The summed E-state index contributed by atoms with van der Waals surface area (Å²) >= 11 is 4.18. The highest BCUT2D eigenvalue weighted by Gasteiger charge is 2.55. The molecule has 1 unspecified atom stereocenters. The van der Waals surface area contributed by atoms with E-state index in [4.69, 9.17) is 10.5 Å². The van der Waals surface area contributed by atoms with Crippen molar-refractivity contribution in [3.05, 3.63) is 0 Å². The number of rotatable bonds is 3. The maximum Gasteiger partial charge on any atom is 0.318 e. The normalized spacial score (nSPS) is 32.1. The molecule has 24 heavy (non-hydrogen) atoms. The molecule has 6 nitrogen and oxygen atoms in total. The number of nitrogens with two attached hydrogens (primary N) is 1. The van der Waals surface area contributed by atoms with Crippen molar-refractivity contribution in [1.82, 2.24) is 5.32 Å². The minimum Gasteiger partial charge on any atom is -0.452 e. The second-order valence-corrected chi connectivity index (χ2v) is 9.85. The summed E-state index contributed by atoms with van der Waals surface area (Å²) in [6.45, 7) is 1.46. The summed E-state index contributed by atoms with van der Waals surface area (Å²) in [7, 11) is 0. The van der Waals surface area contributed by atoms with Crippen molar-refractivity contribution in [2.75, 3.05) is 11.5 Å².